The summed E-state index contributed by atoms with van der Waals surface area (Å²) in [6.45, 7) is 4.09. The van der Waals surface area contributed by atoms with Gasteiger partial charge in [-0.25, -0.2) is 8.42 Å². The minimum absolute atomic E-state index is 0.125. The van der Waals surface area contributed by atoms with E-state index in [1.54, 1.807) is 6.92 Å². The van der Waals surface area contributed by atoms with E-state index in [9.17, 15) is 13.2 Å². The molecule has 1 heterocycles. The number of carboxylic acid groups (broad SMARTS) is 1. The third-order valence-corrected chi connectivity index (χ3v) is 5.39. The molecule has 0 radical (unpaired) electrons. The van der Waals surface area contributed by atoms with E-state index in [0.29, 0.717) is 25.8 Å². The van der Waals surface area contributed by atoms with Gasteiger partial charge in [0.2, 0.25) is 10.0 Å². The Morgan fingerprint density at radius 2 is 2.12 bits per heavy atom. The highest BCUT2D eigenvalue weighted by Gasteiger charge is 2.38. The van der Waals surface area contributed by atoms with Crippen molar-refractivity contribution in [3.63, 3.8) is 0 Å². The zero-order valence-electron chi connectivity index (χ0n) is 10.4. The number of piperidine rings is 1. The largest absolute Gasteiger partial charge is 0.481 e. The number of carboxylic acids is 1. The lowest BCUT2D eigenvalue weighted by Gasteiger charge is -2.36. The molecule has 0 amide bonds. The number of hydrogen-bond donors (Lipinski definition) is 1. The van der Waals surface area contributed by atoms with Gasteiger partial charge in [-0.15, -0.1) is 0 Å². The van der Waals surface area contributed by atoms with Gasteiger partial charge in [-0.05, 0) is 26.2 Å². The van der Waals surface area contributed by atoms with Gasteiger partial charge in [0, 0.05) is 12.6 Å². The van der Waals surface area contributed by atoms with Crippen LogP contribution in [-0.2, 0) is 14.8 Å². The Labute approximate surface area is 103 Å². The standard InChI is InChI=1S/C11H21NO4S/c1-3-4-8-17(15,16)12-7-5-6-10(9(12)2)11(13)14/h9-10H,3-8H2,1-2H3,(H,13,14)/t9-,10-/m0/s1. The number of hydrogen-bond acceptors (Lipinski definition) is 3. The van der Waals surface area contributed by atoms with Crippen molar-refractivity contribution in [2.24, 2.45) is 5.92 Å². The van der Waals surface area contributed by atoms with Crippen molar-refractivity contribution in [1.82, 2.24) is 4.31 Å². The Morgan fingerprint density at radius 1 is 1.47 bits per heavy atom. The molecule has 0 aliphatic carbocycles. The zero-order chi connectivity index (χ0) is 13.1. The van der Waals surface area contributed by atoms with E-state index in [1.165, 1.54) is 4.31 Å². The molecule has 2 atom stereocenters. The average Bonchev–Trinajstić information content (AvgIpc) is 2.26. The Kier molecular flexibility index (Phi) is 4.94. The second kappa shape index (κ2) is 5.82. The Hall–Kier alpha value is -0.620. The highest BCUT2D eigenvalue weighted by Crippen LogP contribution is 2.26. The molecule has 0 aromatic heterocycles. The molecule has 1 saturated heterocycles. The van der Waals surface area contributed by atoms with E-state index < -0.39 is 28.0 Å². The van der Waals surface area contributed by atoms with E-state index in [1.807, 2.05) is 6.92 Å². The number of nitrogens with zero attached hydrogens (tertiary/aromatic N) is 1. The molecule has 0 aromatic rings. The van der Waals surface area contributed by atoms with Gasteiger partial charge in [-0.3, -0.25) is 4.79 Å². The summed E-state index contributed by atoms with van der Waals surface area (Å²) < 4.78 is 25.5. The summed E-state index contributed by atoms with van der Waals surface area (Å²) in [6.07, 6.45) is 2.65. The van der Waals surface area contributed by atoms with E-state index in [-0.39, 0.29) is 5.75 Å². The van der Waals surface area contributed by atoms with E-state index in [4.69, 9.17) is 5.11 Å². The van der Waals surface area contributed by atoms with Gasteiger partial charge < -0.3 is 5.11 Å². The molecule has 17 heavy (non-hydrogen) atoms. The summed E-state index contributed by atoms with van der Waals surface area (Å²) in [5.74, 6) is -1.34. The molecule has 1 aliphatic heterocycles. The maximum Gasteiger partial charge on any atom is 0.308 e. The molecular weight excluding hydrogens is 242 g/mol. The van der Waals surface area contributed by atoms with E-state index in [2.05, 4.69) is 0 Å². The first kappa shape index (κ1) is 14.4. The molecular formula is C11H21NO4S. The van der Waals surface area contributed by atoms with Crippen LogP contribution in [0.5, 0.6) is 0 Å². The van der Waals surface area contributed by atoms with Crippen LogP contribution >= 0.6 is 0 Å². The molecule has 1 rings (SSSR count). The van der Waals surface area contributed by atoms with Gasteiger partial charge in [-0.1, -0.05) is 13.3 Å². The summed E-state index contributed by atoms with van der Waals surface area (Å²) in [6, 6.07) is -0.428. The smallest absolute Gasteiger partial charge is 0.308 e. The molecule has 0 aromatic carbocycles. The fourth-order valence-corrected chi connectivity index (χ4v) is 4.23. The molecule has 0 bridgehead atoms. The van der Waals surface area contributed by atoms with Crippen LogP contribution in [0.3, 0.4) is 0 Å². The van der Waals surface area contributed by atoms with Crippen molar-refractivity contribution in [1.29, 1.82) is 0 Å². The molecule has 0 saturated carbocycles. The van der Waals surface area contributed by atoms with Crippen molar-refractivity contribution in [2.75, 3.05) is 12.3 Å². The Morgan fingerprint density at radius 3 is 2.65 bits per heavy atom. The highest BCUT2D eigenvalue weighted by atomic mass is 32.2. The van der Waals surface area contributed by atoms with E-state index >= 15 is 0 Å². The molecule has 0 unspecified atom stereocenters. The quantitative estimate of drug-likeness (QED) is 0.811. The van der Waals surface area contributed by atoms with Crippen LogP contribution in [0, 0.1) is 5.92 Å². The fraction of sp³-hybridized carbons (Fsp3) is 0.909. The van der Waals surface area contributed by atoms with Crippen molar-refractivity contribution in [3.8, 4) is 0 Å². The van der Waals surface area contributed by atoms with Gasteiger partial charge in [0.1, 0.15) is 0 Å². The fourth-order valence-electron chi connectivity index (χ4n) is 2.28. The predicted octanol–water partition coefficient (Wildman–Crippen LogP) is 1.30. The molecule has 6 heteroatoms. The molecule has 1 N–H and O–H groups in total. The van der Waals surface area contributed by atoms with Crippen molar-refractivity contribution in [2.45, 2.75) is 45.6 Å². The first-order chi connectivity index (χ1) is 7.90. The molecule has 1 fully saturated rings. The topological polar surface area (TPSA) is 74.7 Å². The lowest BCUT2D eigenvalue weighted by Crippen LogP contribution is -2.49. The SMILES string of the molecule is CCCCS(=O)(=O)N1CCC[C@H](C(=O)O)[C@@H]1C. The number of sulfonamides is 1. The van der Waals surface area contributed by atoms with Crippen LogP contribution in [0.2, 0.25) is 0 Å². The van der Waals surface area contributed by atoms with Crippen LogP contribution in [0.4, 0.5) is 0 Å². The van der Waals surface area contributed by atoms with Crippen molar-refractivity contribution < 1.29 is 18.3 Å². The Bertz CT molecular complexity index is 366. The minimum atomic E-state index is -3.29. The van der Waals surface area contributed by atoms with Gasteiger partial charge in [-0.2, -0.15) is 4.31 Å². The average molecular weight is 263 g/mol. The number of unbranched alkanes of at least 4 members (excludes halogenated alkanes) is 1. The van der Waals surface area contributed by atoms with Gasteiger partial charge >= 0.3 is 5.97 Å². The maximum absolute atomic E-state index is 12.1. The summed E-state index contributed by atoms with van der Waals surface area (Å²) >= 11 is 0. The number of aliphatic carboxylic acids is 1. The van der Waals surface area contributed by atoms with Crippen LogP contribution in [0.25, 0.3) is 0 Å². The third-order valence-electron chi connectivity index (χ3n) is 3.36. The summed E-state index contributed by atoms with van der Waals surface area (Å²) in [5, 5.41) is 9.05. The number of rotatable bonds is 5. The van der Waals surface area contributed by atoms with Crippen LogP contribution in [0.1, 0.15) is 39.5 Å². The normalized spacial score (nSPS) is 26.9. The second-order valence-corrected chi connectivity index (χ2v) is 6.65. The van der Waals surface area contributed by atoms with Gasteiger partial charge in [0.15, 0.2) is 0 Å². The summed E-state index contributed by atoms with van der Waals surface area (Å²) in [7, 11) is -3.29. The van der Waals surface area contributed by atoms with Crippen LogP contribution in [0.15, 0.2) is 0 Å². The summed E-state index contributed by atoms with van der Waals surface area (Å²) in [5.41, 5.74) is 0. The lowest BCUT2D eigenvalue weighted by atomic mass is 9.92. The van der Waals surface area contributed by atoms with Crippen molar-refractivity contribution >= 4 is 16.0 Å². The Balaban J connectivity index is 2.79. The summed E-state index contributed by atoms with van der Waals surface area (Å²) in [4.78, 5) is 11.0. The molecule has 100 valence electrons. The first-order valence-electron chi connectivity index (χ1n) is 6.12. The molecule has 1 aliphatic rings. The number of carbonyl (C=O) groups is 1. The van der Waals surface area contributed by atoms with Crippen molar-refractivity contribution in [3.05, 3.63) is 0 Å². The van der Waals surface area contributed by atoms with Gasteiger partial charge in [0.25, 0.3) is 0 Å². The van der Waals surface area contributed by atoms with Crippen LogP contribution < -0.4 is 0 Å². The monoisotopic (exact) mass is 263 g/mol. The minimum Gasteiger partial charge on any atom is -0.481 e. The second-order valence-electron chi connectivity index (χ2n) is 4.61. The van der Waals surface area contributed by atoms with Gasteiger partial charge in [0.05, 0.1) is 11.7 Å². The predicted molar refractivity (Wildman–Crippen MR) is 65.2 cm³/mol. The molecule has 0 spiro atoms. The third kappa shape index (κ3) is 3.42. The first-order valence-corrected chi connectivity index (χ1v) is 7.73. The zero-order valence-corrected chi connectivity index (χ0v) is 11.2. The molecule has 5 nitrogen and oxygen atoms in total. The lowest BCUT2D eigenvalue weighted by molar-refractivity contribution is -0.144. The van der Waals surface area contributed by atoms with E-state index in [0.717, 1.165) is 6.42 Å². The maximum atomic E-state index is 12.1. The highest BCUT2D eigenvalue weighted by molar-refractivity contribution is 7.89. The van der Waals surface area contributed by atoms with Crippen LogP contribution in [-0.4, -0.2) is 42.1 Å².